The highest BCUT2D eigenvalue weighted by atomic mass is 35.5. The Kier molecular flexibility index (Phi) is 7.15. The van der Waals surface area contributed by atoms with Crippen molar-refractivity contribution in [2.75, 3.05) is 18.5 Å². The van der Waals surface area contributed by atoms with Gasteiger partial charge >= 0.3 is 6.09 Å². The van der Waals surface area contributed by atoms with Gasteiger partial charge in [0.1, 0.15) is 17.7 Å². The molecule has 1 aliphatic heterocycles. The number of alkyl halides is 1. The van der Waals surface area contributed by atoms with Crippen LogP contribution in [0, 0.1) is 5.82 Å². The first-order valence-electron chi connectivity index (χ1n) is 11.5. The van der Waals surface area contributed by atoms with Crippen LogP contribution >= 0.6 is 11.6 Å². The summed E-state index contributed by atoms with van der Waals surface area (Å²) >= 11 is 5.83. The van der Waals surface area contributed by atoms with E-state index in [0.29, 0.717) is 35.1 Å². The molecule has 2 N–H and O–H groups in total. The Labute approximate surface area is 215 Å². The number of benzene rings is 2. The molecule has 0 bridgehead atoms. The van der Waals surface area contributed by atoms with E-state index in [1.54, 1.807) is 54.6 Å². The van der Waals surface area contributed by atoms with Crippen LogP contribution < -0.4 is 15.4 Å². The second-order valence-corrected chi connectivity index (χ2v) is 9.04. The van der Waals surface area contributed by atoms with Crippen LogP contribution in [0.3, 0.4) is 0 Å². The summed E-state index contributed by atoms with van der Waals surface area (Å²) < 4.78 is 40.5. The highest BCUT2D eigenvalue weighted by Crippen LogP contribution is 2.26. The van der Waals surface area contributed by atoms with Crippen molar-refractivity contribution in [3.8, 4) is 5.75 Å². The van der Waals surface area contributed by atoms with Crippen LogP contribution in [-0.2, 0) is 11.8 Å². The number of aryl methyl sites for hydroxylation is 1. The van der Waals surface area contributed by atoms with Crippen LogP contribution in [0.2, 0.25) is 5.02 Å². The second kappa shape index (κ2) is 10.7. The fraction of sp³-hybridized carbons (Fsp3) is 0.280. The van der Waals surface area contributed by atoms with Crippen molar-refractivity contribution in [3.05, 3.63) is 77.0 Å². The van der Waals surface area contributed by atoms with Gasteiger partial charge in [0, 0.05) is 43.1 Å². The van der Waals surface area contributed by atoms with E-state index in [1.807, 2.05) is 0 Å². The Bertz CT molecular complexity index is 1430. The Morgan fingerprint density at radius 3 is 2.86 bits per heavy atom. The quantitative estimate of drug-likeness (QED) is 0.378. The minimum Gasteiger partial charge on any atom is -0.410 e. The molecule has 3 heterocycles. The highest BCUT2D eigenvalue weighted by Gasteiger charge is 2.26. The molecule has 0 radical (unpaired) electrons. The predicted octanol–water partition coefficient (Wildman–Crippen LogP) is 4.57. The maximum atomic E-state index is 14.2. The zero-order chi connectivity index (χ0) is 25.9. The highest BCUT2D eigenvalue weighted by molar-refractivity contribution is 6.30. The van der Waals surface area contributed by atoms with Crippen molar-refractivity contribution in [3.63, 3.8) is 0 Å². The van der Waals surface area contributed by atoms with E-state index in [1.165, 1.54) is 12.1 Å². The lowest BCUT2D eigenvalue weighted by molar-refractivity contribution is 0.0284. The van der Waals surface area contributed by atoms with E-state index in [-0.39, 0.29) is 23.3 Å². The standard InChI is InChI=1S/C25H23ClF2N6O3/c1-34-12-16(11-30-34)23(14-3-5-18(26)19(27)8-14)33-25(35)37-17-4-2-15-10-29-24(32-22(15)9-17)31-21-6-7-36-13-20(21)28/h2-5,8-12,20-21,23H,6-7,13H2,1H3,(H,33,35)(H,29,31,32)/t20-,21-,23+/m1/s1. The van der Waals surface area contributed by atoms with E-state index >= 15 is 0 Å². The molecule has 2 aromatic heterocycles. The minimum absolute atomic E-state index is 0.0258. The van der Waals surface area contributed by atoms with E-state index < -0.39 is 30.2 Å². The van der Waals surface area contributed by atoms with Gasteiger partial charge in [-0.3, -0.25) is 4.68 Å². The Morgan fingerprint density at radius 1 is 1.24 bits per heavy atom. The maximum absolute atomic E-state index is 14.2. The molecule has 1 aliphatic rings. The van der Waals surface area contributed by atoms with Gasteiger partial charge < -0.3 is 20.1 Å². The Balaban J connectivity index is 1.33. The largest absolute Gasteiger partial charge is 0.413 e. The van der Waals surface area contributed by atoms with Crippen molar-refractivity contribution in [2.45, 2.75) is 24.7 Å². The normalized spacial score (nSPS) is 18.4. The predicted molar refractivity (Wildman–Crippen MR) is 133 cm³/mol. The first-order chi connectivity index (χ1) is 17.9. The topological polar surface area (TPSA) is 103 Å². The average molecular weight is 529 g/mol. The molecule has 0 unspecified atom stereocenters. The van der Waals surface area contributed by atoms with Gasteiger partial charge in [-0.15, -0.1) is 0 Å². The van der Waals surface area contributed by atoms with Gasteiger partial charge in [-0.05, 0) is 36.2 Å². The molecule has 12 heteroatoms. The number of fused-ring (bicyclic) bond motifs is 1. The Morgan fingerprint density at radius 2 is 2.11 bits per heavy atom. The molecule has 3 atom stereocenters. The van der Waals surface area contributed by atoms with Crippen LogP contribution in [0.5, 0.6) is 5.75 Å². The summed E-state index contributed by atoms with van der Waals surface area (Å²) in [4.78, 5) is 21.5. The van der Waals surface area contributed by atoms with Crippen LogP contribution in [0.25, 0.3) is 10.9 Å². The molecule has 1 amide bonds. The number of hydrogen-bond donors (Lipinski definition) is 2. The first-order valence-corrected chi connectivity index (χ1v) is 11.9. The number of ether oxygens (including phenoxy) is 2. The van der Waals surface area contributed by atoms with Crippen LogP contribution in [0.4, 0.5) is 19.5 Å². The molecular weight excluding hydrogens is 506 g/mol. The molecule has 1 saturated heterocycles. The van der Waals surface area contributed by atoms with Crippen molar-refractivity contribution >= 4 is 34.5 Å². The van der Waals surface area contributed by atoms with E-state index in [2.05, 4.69) is 25.7 Å². The molecule has 5 rings (SSSR count). The van der Waals surface area contributed by atoms with Crippen molar-refractivity contribution in [2.24, 2.45) is 7.05 Å². The lowest BCUT2D eigenvalue weighted by atomic mass is 10.0. The molecule has 1 fully saturated rings. The third kappa shape index (κ3) is 5.78. The fourth-order valence-corrected chi connectivity index (χ4v) is 4.18. The summed E-state index contributed by atoms with van der Waals surface area (Å²) in [6, 6.07) is 8.00. The summed E-state index contributed by atoms with van der Waals surface area (Å²) in [7, 11) is 1.73. The van der Waals surface area contributed by atoms with Crippen molar-refractivity contribution in [1.82, 2.24) is 25.1 Å². The number of nitrogens with one attached hydrogen (secondary N) is 2. The van der Waals surface area contributed by atoms with Gasteiger partial charge in [-0.1, -0.05) is 17.7 Å². The lowest BCUT2D eigenvalue weighted by Crippen LogP contribution is -2.39. The van der Waals surface area contributed by atoms with E-state index in [9.17, 15) is 13.6 Å². The number of rotatable bonds is 6. The molecule has 4 aromatic rings. The number of hydrogen-bond acceptors (Lipinski definition) is 7. The van der Waals surface area contributed by atoms with Gasteiger partial charge in [0.25, 0.3) is 0 Å². The minimum atomic E-state index is -1.16. The first kappa shape index (κ1) is 24.8. The molecule has 0 aliphatic carbocycles. The molecule has 9 nitrogen and oxygen atoms in total. The SMILES string of the molecule is Cn1cc([C@@H](NC(=O)Oc2ccc3cnc(N[C@@H]4CCOC[C@H]4F)nc3c2)c2ccc(Cl)c(F)c2)cn1. The zero-order valence-corrected chi connectivity index (χ0v) is 20.5. The molecular formula is C25H23ClF2N6O3. The average Bonchev–Trinajstić information content (AvgIpc) is 3.31. The van der Waals surface area contributed by atoms with E-state index in [4.69, 9.17) is 21.1 Å². The number of nitrogens with zero attached hydrogens (tertiary/aromatic N) is 4. The third-order valence-corrected chi connectivity index (χ3v) is 6.27. The maximum Gasteiger partial charge on any atom is 0.413 e. The second-order valence-electron chi connectivity index (χ2n) is 8.63. The number of anilines is 1. The molecule has 0 saturated carbocycles. The van der Waals surface area contributed by atoms with Gasteiger partial charge in [-0.2, -0.15) is 5.10 Å². The summed E-state index contributed by atoms with van der Waals surface area (Å²) in [6.45, 7) is 0.489. The van der Waals surface area contributed by atoms with E-state index in [0.717, 1.165) is 0 Å². The third-order valence-electron chi connectivity index (χ3n) is 5.96. The molecule has 2 aromatic carbocycles. The zero-order valence-electron chi connectivity index (χ0n) is 19.7. The number of carbonyl (C=O) groups is 1. The van der Waals surface area contributed by atoms with Gasteiger partial charge in [0.2, 0.25) is 5.95 Å². The summed E-state index contributed by atoms with van der Waals surface area (Å²) in [6.07, 6.45) is 3.46. The number of aromatic nitrogens is 4. The monoisotopic (exact) mass is 528 g/mol. The smallest absolute Gasteiger partial charge is 0.410 e. The van der Waals surface area contributed by atoms with Crippen LogP contribution in [-0.4, -0.2) is 51.3 Å². The molecule has 37 heavy (non-hydrogen) atoms. The fourth-order valence-electron chi connectivity index (χ4n) is 4.06. The summed E-state index contributed by atoms with van der Waals surface area (Å²) in [5, 5.41) is 10.6. The van der Waals surface area contributed by atoms with Crippen molar-refractivity contribution < 1.29 is 23.0 Å². The van der Waals surface area contributed by atoms with Crippen LogP contribution in [0.15, 0.2) is 55.0 Å². The molecule has 192 valence electrons. The number of carbonyl (C=O) groups excluding carboxylic acids is 1. The van der Waals surface area contributed by atoms with Gasteiger partial charge in [-0.25, -0.2) is 23.5 Å². The van der Waals surface area contributed by atoms with Crippen LogP contribution in [0.1, 0.15) is 23.6 Å². The summed E-state index contributed by atoms with van der Waals surface area (Å²) in [5.41, 5.74) is 1.60. The van der Waals surface area contributed by atoms with Crippen molar-refractivity contribution in [1.29, 1.82) is 0 Å². The van der Waals surface area contributed by atoms with Gasteiger partial charge in [0.15, 0.2) is 0 Å². The Hall–Kier alpha value is -3.83. The molecule has 0 spiro atoms. The lowest BCUT2D eigenvalue weighted by Gasteiger charge is -2.26. The number of halogens is 3. The number of amides is 1. The van der Waals surface area contributed by atoms with Gasteiger partial charge in [0.05, 0.1) is 35.4 Å². The summed E-state index contributed by atoms with van der Waals surface area (Å²) in [5.74, 6) is -0.108.